The van der Waals surface area contributed by atoms with Crippen molar-refractivity contribution >= 4 is 5.91 Å². The first-order chi connectivity index (χ1) is 10.2. The monoisotopic (exact) mass is 315 g/mol. The lowest BCUT2D eigenvalue weighted by atomic mass is 9.75. The number of hydrogen-bond acceptors (Lipinski definition) is 3. The van der Waals surface area contributed by atoms with Gasteiger partial charge in [0.1, 0.15) is 5.60 Å². The van der Waals surface area contributed by atoms with Gasteiger partial charge in [0.25, 0.3) is 5.91 Å². The van der Waals surface area contributed by atoms with Gasteiger partial charge in [0.2, 0.25) is 0 Å². The molecule has 0 atom stereocenters. The van der Waals surface area contributed by atoms with Crippen molar-refractivity contribution in [3.05, 3.63) is 17.0 Å². The molecule has 0 radical (unpaired) electrons. The average Bonchev–Trinajstić information content (AvgIpc) is 2.66. The summed E-state index contributed by atoms with van der Waals surface area (Å²) in [6.07, 6.45) is 1.69. The predicted molar refractivity (Wildman–Crippen MR) is 77.8 cm³/mol. The van der Waals surface area contributed by atoms with E-state index in [-0.39, 0.29) is 19.4 Å². The topological polar surface area (TPSA) is 67.2 Å². The standard InChI is InChI=1S/C15H23F2N3O2/c1-10-12(11(2)20(3)19-10)6-4-9-18-13(21)15(16,17)14(22)7-5-8-14/h22H,4-9H2,1-3H3,(H,18,21). The van der Waals surface area contributed by atoms with E-state index >= 15 is 0 Å². The number of nitrogens with zero attached hydrogens (tertiary/aromatic N) is 2. The predicted octanol–water partition coefficient (Wildman–Crippen LogP) is 1.64. The molecule has 1 heterocycles. The zero-order valence-electron chi connectivity index (χ0n) is 13.2. The van der Waals surface area contributed by atoms with Crippen molar-refractivity contribution < 1.29 is 18.7 Å². The summed E-state index contributed by atoms with van der Waals surface area (Å²) in [5.41, 5.74) is 0.882. The molecule has 7 heteroatoms. The van der Waals surface area contributed by atoms with Gasteiger partial charge < -0.3 is 10.4 Å². The molecule has 2 N–H and O–H groups in total. The molecule has 0 bridgehead atoms. The molecule has 0 unspecified atom stereocenters. The van der Waals surface area contributed by atoms with Gasteiger partial charge in [0.05, 0.1) is 5.69 Å². The molecule has 1 fully saturated rings. The summed E-state index contributed by atoms with van der Waals surface area (Å²) in [7, 11) is 1.85. The number of nitrogens with one attached hydrogen (secondary N) is 1. The van der Waals surface area contributed by atoms with Crippen molar-refractivity contribution in [2.24, 2.45) is 7.05 Å². The van der Waals surface area contributed by atoms with E-state index in [9.17, 15) is 18.7 Å². The van der Waals surface area contributed by atoms with Crippen LogP contribution in [0.4, 0.5) is 8.78 Å². The van der Waals surface area contributed by atoms with Crippen molar-refractivity contribution in [1.82, 2.24) is 15.1 Å². The molecular weight excluding hydrogens is 292 g/mol. The third-order valence-electron chi connectivity index (χ3n) is 4.60. The fourth-order valence-electron chi connectivity index (χ4n) is 2.79. The molecule has 1 saturated carbocycles. The van der Waals surface area contributed by atoms with Gasteiger partial charge in [-0.1, -0.05) is 0 Å². The van der Waals surface area contributed by atoms with Crippen molar-refractivity contribution in [3.63, 3.8) is 0 Å². The fraction of sp³-hybridized carbons (Fsp3) is 0.733. The molecule has 22 heavy (non-hydrogen) atoms. The summed E-state index contributed by atoms with van der Waals surface area (Å²) < 4.78 is 29.5. The number of halogens is 2. The Labute approximate surface area is 128 Å². The maximum absolute atomic E-state index is 13.9. The Hall–Kier alpha value is -1.50. The summed E-state index contributed by atoms with van der Waals surface area (Å²) in [6.45, 7) is 4.01. The normalized spacial score (nSPS) is 17.2. The Morgan fingerprint density at radius 1 is 1.45 bits per heavy atom. The lowest BCUT2D eigenvalue weighted by Crippen LogP contribution is -2.60. The van der Waals surface area contributed by atoms with E-state index in [1.165, 1.54) is 0 Å². The first-order valence-electron chi connectivity index (χ1n) is 7.56. The third kappa shape index (κ3) is 2.86. The van der Waals surface area contributed by atoms with Gasteiger partial charge in [-0.25, -0.2) is 0 Å². The van der Waals surface area contributed by atoms with Crippen LogP contribution >= 0.6 is 0 Å². The molecule has 5 nitrogen and oxygen atoms in total. The second-order valence-corrected chi connectivity index (χ2v) is 6.09. The van der Waals surface area contributed by atoms with E-state index in [2.05, 4.69) is 10.4 Å². The Kier molecular flexibility index (Phi) is 4.56. The fourth-order valence-corrected chi connectivity index (χ4v) is 2.79. The maximum atomic E-state index is 13.9. The van der Waals surface area contributed by atoms with Gasteiger partial charge in [-0.2, -0.15) is 13.9 Å². The molecule has 2 rings (SSSR count). The van der Waals surface area contributed by atoms with Crippen LogP contribution in [-0.4, -0.2) is 38.9 Å². The molecule has 1 aromatic rings. The summed E-state index contributed by atoms with van der Waals surface area (Å²) in [4.78, 5) is 11.6. The highest BCUT2D eigenvalue weighted by molar-refractivity contribution is 5.85. The minimum Gasteiger partial charge on any atom is -0.383 e. The van der Waals surface area contributed by atoms with Gasteiger partial charge >= 0.3 is 5.92 Å². The van der Waals surface area contributed by atoms with Gasteiger partial charge in [-0.15, -0.1) is 0 Å². The van der Waals surface area contributed by atoms with Crippen LogP contribution in [0.5, 0.6) is 0 Å². The van der Waals surface area contributed by atoms with Crippen molar-refractivity contribution in [3.8, 4) is 0 Å². The highest BCUT2D eigenvalue weighted by Gasteiger charge is 2.60. The van der Waals surface area contributed by atoms with Crippen molar-refractivity contribution in [2.45, 2.75) is 57.5 Å². The Bertz CT molecular complexity index is 565. The molecule has 124 valence electrons. The molecule has 1 aliphatic rings. The first kappa shape index (κ1) is 16.9. The van der Waals surface area contributed by atoms with Crippen molar-refractivity contribution in [1.29, 1.82) is 0 Å². The van der Waals surface area contributed by atoms with E-state index in [0.29, 0.717) is 19.3 Å². The van der Waals surface area contributed by atoms with Gasteiger partial charge in [0.15, 0.2) is 0 Å². The zero-order chi connectivity index (χ0) is 16.5. The number of aromatic nitrogens is 2. The Morgan fingerprint density at radius 2 is 2.09 bits per heavy atom. The minimum atomic E-state index is -3.72. The van der Waals surface area contributed by atoms with Crippen LogP contribution in [0.15, 0.2) is 0 Å². The van der Waals surface area contributed by atoms with E-state index < -0.39 is 17.4 Å². The summed E-state index contributed by atoms with van der Waals surface area (Å²) in [5.74, 6) is -5.10. The number of alkyl halides is 2. The number of aryl methyl sites for hydroxylation is 2. The van der Waals surface area contributed by atoms with Gasteiger partial charge in [-0.3, -0.25) is 9.48 Å². The molecular formula is C15H23F2N3O2. The zero-order valence-corrected chi connectivity index (χ0v) is 13.2. The van der Waals surface area contributed by atoms with E-state index in [0.717, 1.165) is 17.0 Å². The van der Waals surface area contributed by atoms with Crippen LogP contribution in [0.1, 0.15) is 42.6 Å². The Balaban J connectivity index is 1.82. The molecule has 1 aromatic heterocycles. The third-order valence-corrected chi connectivity index (χ3v) is 4.60. The molecule has 1 aliphatic carbocycles. The molecule has 0 saturated heterocycles. The van der Waals surface area contributed by atoms with Crippen LogP contribution in [0.25, 0.3) is 0 Å². The number of carbonyl (C=O) groups excluding carboxylic acids is 1. The van der Waals surface area contributed by atoms with Crippen LogP contribution in [-0.2, 0) is 18.3 Å². The highest BCUT2D eigenvalue weighted by atomic mass is 19.3. The van der Waals surface area contributed by atoms with Crippen LogP contribution in [0, 0.1) is 13.8 Å². The van der Waals surface area contributed by atoms with E-state index in [1.807, 2.05) is 20.9 Å². The van der Waals surface area contributed by atoms with Gasteiger partial charge in [0, 0.05) is 19.3 Å². The minimum absolute atomic E-state index is 0.0263. The maximum Gasteiger partial charge on any atom is 0.352 e. The summed E-state index contributed by atoms with van der Waals surface area (Å²) in [6, 6.07) is 0. The molecule has 0 aliphatic heterocycles. The van der Waals surface area contributed by atoms with Crippen LogP contribution in [0.2, 0.25) is 0 Å². The van der Waals surface area contributed by atoms with Crippen LogP contribution in [0.3, 0.4) is 0 Å². The van der Waals surface area contributed by atoms with E-state index in [4.69, 9.17) is 0 Å². The number of amides is 1. The number of rotatable bonds is 6. The van der Waals surface area contributed by atoms with Crippen LogP contribution < -0.4 is 5.32 Å². The lowest BCUT2D eigenvalue weighted by Gasteiger charge is -2.41. The Morgan fingerprint density at radius 3 is 2.55 bits per heavy atom. The first-order valence-corrected chi connectivity index (χ1v) is 7.56. The summed E-state index contributed by atoms with van der Waals surface area (Å²) in [5, 5.41) is 16.2. The SMILES string of the molecule is Cc1nn(C)c(C)c1CCCNC(=O)C(F)(F)C1(O)CCC1. The second-order valence-electron chi connectivity index (χ2n) is 6.09. The number of carbonyl (C=O) groups is 1. The molecule has 1 amide bonds. The van der Waals surface area contributed by atoms with Crippen molar-refractivity contribution in [2.75, 3.05) is 6.54 Å². The van der Waals surface area contributed by atoms with Gasteiger partial charge in [-0.05, 0) is 51.5 Å². The molecule has 0 aromatic carbocycles. The highest BCUT2D eigenvalue weighted by Crippen LogP contribution is 2.44. The number of hydrogen-bond donors (Lipinski definition) is 2. The largest absolute Gasteiger partial charge is 0.383 e. The molecule has 0 spiro atoms. The summed E-state index contributed by atoms with van der Waals surface area (Å²) >= 11 is 0. The van der Waals surface area contributed by atoms with E-state index in [1.54, 1.807) is 4.68 Å². The number of aliphatic hydroxyl groups is 1. The lowest BCUT2D eigenvalue weighted by molar-refractivity contribution is -0.215. The smallest absolute Gasteiger partial charge is 0.352 e. The second kappa shape index (κ2) is 5.95. The average molecular weight is 315 g/mol. The quantitative estimate of drug-likeness (QED) is 0.784.